The third-order valence-electron chi connectivity index (χ3n) is 1.64. The van der Waals surface area contributed by atoms with Crippen LogP contribution in [0.4, 0.5) is 0 Å². The van der Waals surface area contributed by atoms with E-state index >= 15 is 0 Å². The maximum atomic E-state index is 11.2. The monoisotopic (exact) mass is 248 g/mol. The van der Waals surface area contributed by atoms with Crippen molar-refractivity contribution >= 4 is 29.2 Å². The van der Waals surface area contributed by atoms with Gasteiger partial charge in [0.2, 0.25) is 0 Å². The summed E-state index contributed by atoms with van der Waals surface area (Å²) in [5.74, 6) is 0.0753. The predicted octanol–water partition coefficient (Wildman–Crippen LogP) is 2.20. The number of nitrogens with zero attached hydrogens (tertiary/aromatic N) is 2. The summed E-state index contributed by atoms with van der Waals surface area (Å²) >= 11 is 11.7. The second-order valence-electron chi connectivity index (χ2n) is 2.81. The number of carbonyl (C=O) groups excluding carboxylic acids is 1. The first-order valence-electron chi connectivity index (χ1n) is 4.38. The van der Waals surface area contributed by atoms with Crippen LogP contribution >= 0.6 is 23.2 Å². The van der Waals surface area contributed by atoms with Crippen LogP contribution < -0.4 is 0 Å². The number of hydrogen-bond donors (Lipinski definition) is 0. The van der Waals surface area contributed by atoms with Gasteiger partial charge in [0, 0.05) is 5.56 Å². The molecular formula is C9H10Cl2N2O2. The van der Waals surface area contributed by atoms with E-state index in [-0.39, 0.29) is 16.7 Å². The van der Waals surface area contributed by atoms with Gasteiger partial charge in [-0.2, -0.15) is 0 Å². The molecule has 0 saturated carbocycles. The Kier molecular flexibility index (Phi) is 4.29. The van der Waals surface area contributed by atoms with Gasteiger partial charge in [0.25, 0.3) is 0 Å². The smallest absolute Gasteiger partial charge is 0.310 e. The van der Waals surface area contributed by atoms with Crippen LogP contribution in [-0.4, -0.2) is 22.5 Å². The maximum absolute atomic E-state index is 11.2. The van der Waals surface area contributed by atoms with Crippen molar-refractivity contribution in [1.82, 2.24) is 9.97 Å². The van der Waals surface area contributed by atoms with Crippen molar-refractivity contribution in [2.75, 3.05) is 6.61 Å². The van der Waals surface area contributed by atoms with Crippen LogP contribution in [0.15, 0.2) is 0 Å². The third-order valence-corrected chi connectivity index (χ3v) is 2.27. The zero-order valence-corrected chi connectivity index (χ0v) is 9.89. The lowest BCUT2D eigenvalue weighted by Gasteiger charge is -2.05. The van der Waals surface area contributed by atoms with Crippen molar-refractivity contribution in [1.29, 1.82) is 0 Å². The van der Waals surface area contributed by atoms with E-state index in [1.54, 1.807) is 13.8 Å². The summed E-state index contributed by atoms with van der Waals surface area (Å²) in [5.41, 5.74) is 0.405. The summed E-state index contributed by atoms with van der Waals surface area (Å²) < 4.78 is 4.77. The highest BCUT2D eigenvalue weighted by Gasteiger charge is 2.14. The van der Waals surface area contributed by atoms with E-state index in [1.807, 2.05) is 0 Å². The highest BCUT2D eigenvalue weighted by Crippen LogP contribution is 2.21. The van der Waals surface area contributed by atoms with Gasteiger partial charge < -0.3 is 4.74 Å². The van der Waals surface area contributed by atoms with E-state index in [1.165, 1.54) is 0 Å². The summed E-state index contributed by atoms with van der Waals surface area (Å²) in [5, 5.41) is 0.390. The largest absolute Gasteiger partial charge is 0.466 e. The molecule has 0 aromatic carbocycles. The normalized spacial score (nSPS) is 10.1. The number of aryl methyl sites for hydroxylation is 1. The number of aromatic nitrogens is 2. The van der Waals surface area contributed by atoms with E-state index in [0.717, 1.165) is 0 Å². The SMILES string of the molecule is CCOC(=O)Cc1c(Cl)nc(C)nc1Cl. The van der Waals surface area contributed by atoms with Crippen LogP contribution in [-0.2, 0) is 16.0 Å². The first-order valence-corrected chi connectivity index (χ1v) is 5.14. The molecule has 6 heteroatoms. The molecule has 1 aromatic heterocycles. The molecule has 1 rings (SSSR count). The van der Waals surface area contributed by atoms with Crippen LogP contribution in [0.3, 0.4) is 0 Å². The lowest BCUT2D eigenvalue weighted by atomic mass is 10.2. The van der Waals surface area contributed by atoms with Crippen LogP contribution in [0.25, 0.3) is 0 Å². The van der Waals surface area contributed by atoms with Gasteiger partial charge in [-0.3, -0.25) is 4.79 Å². The fraction of sp³-hybridized carbons (Fsp3) is 0.444. The molecule has 0 atom stereocenters. The topological polar surface area (TPSA) is 52.1 Å². The highest BCUT2D eigenvalue weighted by atomic mass is 35.5. The van der Waals surface area contributed by atoms with Crippen molar-refractivity contribution in [3.63, 3.8) is 0 Å². The Morgan fingerprint density at radius 1 is 1.33 bits per heavy atom. The lowest BCUT2D eigenvalue weighted by molar-refractivity contribution is -0.142. The Bertz CT molecular complexity index is 359. The number of halogens is 2. The van der Waals surface area contributed by atoms with Crippen molar-refractivity contribution in [3.05, 3.63) is 21.7 Å². The zero-order chi connectivity index (χ0) is 11.4. The summed E-state index contributed by atoms with van der Waals surface area (Å²) in [7, 11) is 0. The molecule has 15 heavy (non-hydrogen) atoms. The van der Waals surface area contributed by atoms with Gasteiger partial charge in [0.1, 0.15) is 16.1 Å². The van der Waals surface area contributed by atoms with E-state index in [2.05, 4.69) is 9.97 Å². The lowest BCUT2D eigenvalue weighted by Crippen LogP contribution is -2.10. The first-order chi connectivity index (χ1) is 7.04. The molecule has 0 bridgehead atoms. The fourth-order valence-electron chi connectivity index (χ4n) is 1.03. The van der Waals surface area contributed by atoms with Crippen LogP contribution in [0, 0.1) is 6.92 Å². The van der Waals surface area contributed by atoms with Gasteiger partial charge in [0.15, 0.2) is 0 Å². The summed E-state index contributed by atoms with van der Waals surface area (Å²) in [6, 6.07) is 0. The molecule has 0 unspecified atom stereocenters. The Morgan fingerprint density at radius 3 is 2.33 bits per heavy atom. The number of rotatable bonds is 3. The van der Waals surface area contributed by atoms with Crippen molar-refractivity contribution in [3.8, 4) is 0 Å². The Balaban J connectivity index is 2.90. The van der Waals surface area contributed by atoms with E-state index < -0.39 is 5.97 Å². The molecule has 82 valence electrons. The predicted molar refractivity (Wildman–Crippen MR) is 57.1 cm³/mol. The van der Waals surface area contributed by atoms with Crippen molar-refractivity contribution < 1.29 is 9.53 Å². The molecule has 0 saturated heterocycles. The van der Waals surface area contributed by atoms with Crippen molar-refractivity contribution in [2.24, 2.45) is 0 Å². The number of ether oxygens (including phenoxy) is 1. The Morgan fingerprint density at radius 2 is 1.87 bits per heavy atom. The molecule has 0 spiro atoms. The molecule has 1 heterocycles. The molecule has 0 aliphatic carbocycles. The second kappa shape index (κ2) is 5.28. The maximum Gasteiger partial charge on any atom is 0.310 e. The second-order valence-corrected chi connectivity index (χ2v) is 3.53. The molecule has 0 radical (unpaired) electrons. The summed E-state index contributed by atoms with van der Waals surface area (Å²) in [4.78, 5) is 19.0. The van der Waals surface area contributed by atoms with Gasteiger partial charge in [-0.1, -0.05) is 23.2 Å². The van der Waals surface area contributed by atoms with Gasteiger partial charge in [0.05, 0.1) is 13.0 Å². The van der Waals surface area contributed by atoms with E-state index in [4.69, 9.17) is 27.9 Å². The minimum atomic E-state index is -0.395. The van der Waals surface area contributed by atoms with Gasteiger partial charge >= 0.3 is 5.97 Å². The van der Waals surface area contributed by atoms with Gasteiger partial charge in [-0.05, 0) is 13.8 Å². The number of hydrogen-bond acceptors (Lipinski definition) is 4. The quantitative estimate of drug-likeness (QED) is 0.608. The van der Waals surface area contributed by atoms with Crippen LogP contribution in [0.5, 0.6) is 0 Å². The average Bonchev–Trinajstić information content (AvgIpc) is 2.11. The number of carbonyl (C=O) groups is 1. The molecule has 0 aliphatic rings. The molecule has 1 aromatic rings. The number of esters is 1. The molecule has 0 fully saturated rings. The van der Waals surface area contributed by atoms with Gasteiger partial charge in [-0.25, -0.2) is 9.97 Å². The summed E-state index contributed by atoms with van der Waals surface area (Å²) in [6.07, 6.45) is -0.00815. The Hall–Kier alpha value is -0.870. The summed E-state index contributed by atoms with van der Waals surface area (Å²) in [6.45, 7) is 3.72. The van der Waals surface area contributed by atoms with Crippen molar-refractivity contribution in [2.45, 2.75) is 20.3 Å². The van der Waals surface area contributed by atoms with Crippen LogP contribution in [0.1, 0.15) is 18.3 Å². The molecule has 4 nitrogen and oxygen atoms in total. The standard InChI is InChI=1S/C9H10Cl2N2O2/c1-3-15-7(14)4-6-8(10)12-5(2)13-9(6)11/h3-4H2,1-2H3. The first kappa shape index (κ1) is 12.2. The van der Waals surface area contributed by atoms with E-state index in [0.29, 0.717) is 18.0 Å². The zero-order valence-electron chi connectivity index (χ0n) is 8.38. The van der Waals surface area contributed by atoms with E-state index in [9.17, 15) is 4.79 Å². The highest BCUT2D eigenvalue weighted by molar-refractivity contribution is 6.34. The minimum absolute atomic E-state index is 0.00815. The molecular weight excluding hydrogens is 239 g/mol. The van der Waals surface area contributed by atoms with Crippen LogP contribution in [0.2, 0.25) is 10.3 Å². The molecule has 0 N–H and O–H groups in total. The third kappa shape index (κ3) is 3.32. The molecule has 0 amide bonds. The Labute approximate surface area is 97.6 Å². The van der Waals surface area contributed by atoms with Gasteiger partial charge in [-0.15, -0.1) is 0 Å². The average molecular weight is 249 g/mol. The minimum Gasteiger partial charge on any atom is -0.466 e. The fourth-order valence-corrected chi connectivity index (χ4v) is 1.64. The molecule has 0 aliphatic heterocycles.